The molecule has 1 aliphatic rings. The summed E-state index contributed by atoms with van der Waals surface area (Å²) in [5.74, 6) is 0.991. The number of rotatable bonds is 6. The molecule has 0 aliphatic carbocycles. The summed E-state index contributed by atoms with van der Waals surface area (Å²) in [5, 5.41) is 0. The lowest BCUT2D eigenvalue weighted by Gasteiger charge is -2.11. The zero-order chi connectivity index (χ0) is 15.5. The van der Waals surface area contributed by atoms with Crippen LogP contribution in [0, 0.1) is 20.8 Å². The molecule has 0 amide bonds. The Morgan fingerprint density at radius 2 is 1.86 bits per heavy atom. The molecule has 22 heavy (non-hydrogen) atoms. The van der Waals surface area contributed by atoms with E-state index in [0.717, 1.165) is 31.8 Å². The van der Waals surface area contributed by atoms with Crippen LogP contribution in [0.4, 0.5) is 0 Å². The van der Waals surface area contributed by atoms with Gasteiger partial charge in [0.25, 0.3) is 0 Å². The number of epoxide rings is 1. The van der Waals surface area contributed by atoms with Crippen LogP contribution in [0.3, 0.4) is 0 Å². The van der Waals surface area contributed by atoms with E-state index in [0.29, 0.717) is 6.10 Å². The van der Waals surface area contributed by atoms with Gasteiger partial charge in [-0.1, -0.05) is 35.9 Å². The van der Waals surface area contributed by atoms with Gasteiger partial charge in [0.15, 0.2) is 0 Å². The fourth-order valence-corrected chi connectivity index (χ4v) is 2.78. The zero-order valence-electron chi connectivity index (χ0n) is 13.7. The quantitative estimate of drug-likeness (QED) is 0.738. The van der Waals surface area contributed by atoms with E-state index in [1.165, 1.54) is 27.8 Å². The molecule has 0 radical (unpaired) electrons. The van der Waals surface area contributed by atoms with Crippen molar-refractivity contribution in [1.82, 2.24) is 0 Å². The molecule has 2 heteroatoms. The number of hydrogen-bond acceptors (Lipinski definition) is 2. The first-order valence-electron chi connectivity index (χ1n) is 8.02. The molecule has 1 heterocycles. The summed E-state index contributed by atoms with van der Waals surface area (Å²) in [6.07, 6.45) is 2.40. The molecule has 2 aromatic rings. The third-order valence-electron chi connectivity index (χ3n) is 4.23. The van der Waals surface area contributed by atoms with Crippen molar-refractivity contribution in [3.8, 4) is 5.75 Å². The van der Waals surface area contributed by atoms with Gasteiger partial charge in [0.2, 0.25) is 0 Å². The zero-order valence-corrected chi connectivity index (χ0v) is 13.7. The summed E-state index contributed by atoms with van der Waals surface area (Å²) in [6.45, 7) is 8.08. The normalized spacial score (nSPS) is 16.6. The second-order valence-corrected chi connectivity index (χ2v) is 6.30. The van der Waals surface area contributed by atoms with Crippen LogP contribution in [0.5, 0.6) is 5.75 Å². The standard InChI is InChI=1S/C20H24O2/c1-14-4-6-18(15(2)10-14)12-17-5-7-20(16(3)11-17)21-9-8-19-13-22-19/h4-7,10-11,19H,8-9,12-13H2,1-3H3. The Hall–Kier alpha value is -1.80. The highest BCUT2D eigenvalue weighted by Gasteiger charge is 2.21. The van der Waals surface area contributed by atoms with Crippen molar-refractivity contribution in [2.75, 3.05) is 13.2 Å². The molecule has 0 saturated carbocycles. The van der Waals surface area contributed by atoms with Gasteiger partial charge in [-0.25, -0.2) is 0 Å². The average Bonchev–Trinajstić information content (AvgIpc) is 3.28. The Kier molecular flexibility index (Phi) is 4.49. The first kappa shape index (κ1) is 15.1. The number of aryl methyl sites for hydroxylation is 3. The minimum absolute atomic E-state index is 0.434. The van der Waals surface area contributed by atoms with Crippen molar-refractivity contribution < 1.29 is 9.47 Å². The fraction of sp³-hybridized carbons (Fsp3) is 0.400. The first-order chi connectivity index (χ1) is 10.6. The van der Waals surface area contributed by atoms with E-state index in [9.17, 15) is 0 Å². The molecule has 2 aromatic carbocycles. The summed E-state index contributed by atoms with van der Waals surface area (Å²) >= 11 is 0. The number of benzene rings is 2. The minimum atomic E-state index is 0.434. The highest BCUT2D eigenvalue weighted by atomic mass is 16.6. The van der Waals surface area contributed by atoms with Crippen molar-refractivity contribution in [2.45, 2.75) is 39.7 Å². The molecular formula is C20H24O2. The van der Waals surface area contributed by atoms with Crippen LogP contribution in [0.25, 0.3) is 0 Å². The molecule has 1 aliphatic heterocycles. The van der Waals surface area contributed by atoms with Crippen molar-refractivity contribution in [3.05, 3.63) is 64.2 Å². The van der Waals surface area contributed by atoms with Gasteiger partial charge in [0.05, 0.1) is 19.3 Å². The molecule has 0 aromatic heterocycles. The second-order valence-electron chi connectivity index (χ2n) is 6.30. The maximum absolute atomic E-state index is 5.85. The van der Waals surface area contributed by atoms with Crippen LogP contribution < -0.4 is 4.74 Å². The van der Waals surface area contributed by atoms with Crippen LogP contribution in [-0.2, 0) is 11.2 Å². The third-order valence-corrected chi connectivity index (χ3v) is 4.23. The van der Waals surface area contributed by atoms with Crippen molar-refractivity contribution >= 4 is 0 Å². The molecule has 0 bridgehead atoms. The van der Waals surface area contributed by atoms with Crippen molar-refractivity contribution in [3.63, 3.8) is 0 Å². The molecule has 1 fully saturated rings. The van der Waals surface area contributed by atoms with Gasteiger partial charge < -0.3 is 9.47 Å². The highest BCUT2D eigenvalue weighted by Crippen LogP contribution is 2.23. The second kappa shape index (κ2) is 6.53. The van der Waals surface area contributed by atoms with Crippen LogP contribution in [0.2, 0.25) is 0 Å². The van der Waals surface area contributed by atoms with E-state index in [2.05, 4.69) is 57.2 Å². The van der Waals surface area contributed by atoms with Crippen molar-refractivity contribution in [2.24, 2.45) is 0 Å². The van der Waals surface area contributed by atoms with Crippen LogP contribution in [0.1, 0.15) is 34.2 Å². The summed E-state index contributed by atoms with van der Waals surface area (Å²) in [6, 6.07) is 13.2. The predicted molar refractivity (Wildman–Crippen MR) is 89.8 cm³/mol. The minimum Gasteiger partial charge on any atom is -0.493 e. The van der Waals surface area contributed by atoms with Gasteiger partial charge >= 0.3 is 0 Å². The van der Waals surface area contributed by atoms with Gasteiger partial charge in [-0.3, -0.25) is 0 Å². The molecule has 0 spiro atoms. The van der Waals surface area contributed by atoms with E-state index in [1.54, 1.807) is 0 Å². The molecule has 1 unspecified atom stereocenters. The molecule has 3 rings (SSSR count). The lowest BCUT2D eigenvalue weighted by molar-refractivity contribution is 0.281. The van der Waals surface area contributed by atoms with Gasteiger partial charge in [-0.15, -0.1) is 0 Å². The predicted octanol–water partition coefficient (Wildman–Crippen LogP) is 4.37. The van der Waals surface area contributed by atoms with E-state index < -0.39 is 0 Å². The summed E-state index contributed by atoms with van der Waals surface area (Å²) < 4.78 is 11.1. The maximum atomic E-state index is 5.85. The summed E-state index contributed by atoms with van der Waals surface area (Å²) in [4.78, 5) is 0. The number of hydrogen-bond donors (Lipinski definition) is 0. The Labute approximate surface area is 133 Å². The largest absolute Gasteiger partial charge is 0.493 e. The van der Waals surface area contributed by atoms with Gasteiger partial charge in [-0.2, -0.15) is 0 Å². The summed E-state index contributed by atoms with van der Waals surface area (Å²) in [7, 11) is 0. The maximum Gasteiger partial charge on any atom is 0.122 e. The van der Waals surface area contributed by atoms with Crippen molar-refractivity contribution in [1.29, 1.82) is 0 Å². The monoisotopic (exact) mass is 296 g/mol. The Bertz CT molecular complexity index is 657. The lowest BCUT2D eigenvalue weighted by atomic mass is 9.98. The van der Waals surface area contributed by atoms with E-state index in [1.807, 2.05) is 0 Å². The molecule has 2 nitrogen and oxygen atoms in total. The van der Waals surface area contributed by atoms with E-state index >= 15 is 0 Å². The topological polar surface area (TPSA) is 21.8 Å². The molecular weight excluding hydrogens is 272 g/mol. The van der Waals surface area contributed by atoms with Gasteiger partial charge in [-0.05, 0) is 55.5 Å². The van der Waals surface area contributed by atoms with Gasteiger partial charge in [0, 0.05) is 6.42 Å². The van der Waals surface area contributed by atoms with E-state index in [4.69, 9.17) is 9.47 Å². The van der Waals surface area contributed by atoms with Crippen LogP contribution >= 0.6 is 0 Å². The first-order valence-corrected chi connectivity index (χ1v) is 8.02. The molecule has 0 N–H and O–H groups in total. The number of ether oxygens (including phenoxy) is 2. The Balaban J connectivity index is 1.65. The Morgan fingerprint density at radius 1 is 1.05 bits per heavy atom. The lowest BCUT2D eigenvalue weighted by Crippen LogP contribution is -2.02. The summed E-state index contributed by atoms with van der Waals surface area (Å²) in [5.41, 5.74) is 6.62. The third kappa shape index (κ3) is 3.89. The Morgan fingerprint density at radius 3 is 2.55 bits per heavy atom. The van der Waals surface area contributed by atoms with E-state index in [-0.39, 0.29) is 0 Å². The molecule has 116 valence electrons. The van der Waals surface area contributed by atoms with Gasteiger partial charge in [0.1, 0.15) is 5.75 Å². The van der Waals surface area contributed by atoms with Crippen LogP contribution in [0.15, 0.2) is 36.4 Å². The fourth-order valence-electron chi connectivity index (χ4n) is 2.78. The molecule has 1 saturated heterocycles. The molecule has 1 atom stereocenters. The SMILES string of the molecule is Cc1ccc(Cc2ccc(OCCC3CO3)c(C)c2)c(C)c1. The highest BCUT2D eigenvalue weighted by molar-refractivity contribution is 5.40. The smallest absolute Gasteiger partial charge is 0.122 e. The average molecular weight is 296 g/mol. The van der Waals surface area contributed by atoms with Crippen LogP contribution in [-0.4, -0.2) is 19.3 Å².